The van der Waals surface area contributed by atoms with Gasteiger partial charge in [-0.3, -0.25) is 4.79 Å². The first-order valence-corrected chi connectivity index (χ1v) is 10.3. The summed E-state index contributed by atoms with van der Waals surface area (Å²) in [4.78, 5) is 12.5. The van der Waals surface area contributed by atoms with Gasteiger partial charge >= 0.3 is 0 Å². The number of ether oxygens (including phenoxy) is 1. The Kier molecular flexibility index (Phi) is 7.10. The van der Waals surface area contributed by atoms with E-state index in [2.05, 4.69) is 41.8 Å². The van der Waals surface area contributed by atoms with Gasteiger partial charge in [0.1, 0.15) is 5.75 Å². The summed E-state index contributed by atoms with van der Waals surface area (Å²) >= 11 is 0. The molecule has 2 N–H and O–H groups in total. The van der Waals surface area contributed by atoms with Crippen molar-refractivity contribution in [3.8, 4) is 5.75 Å². The molecule has 1 aliphatic rings. The van der Waals surface area contributed by atoms with Crippen LogP contribution in [0.15, 0.2) is 54.6 Å². The molecule has 2 aromatic rings. The van der Waals surface area contributed by atoms with Crippen molar-refractivity contribution in [3.05, 3.63) is 65.7 Å². The number of nitrogens with one attached hydrogen (secondary N) is 2. The maximum absolute atomic E-state index is 12.5. The zero-order chi connectivity index (χ0) is 19.8. The van der Waals surface area contributed by atoms with Gasteiger partial charge < -0.3 is 15.4 Å². The molecule has 1 aliphatic carbocycles. The van der Waals surface area contributed by atoms with Crippen LogP contribution >= 0.6 is 0 Å². The summed E-state index contributed by atoms with van der Waals surface area (Å²) in [7, 11) is 1.66. The molecule has 0 saturated heterocycles. The lowest BCUT2D eigenvalue weighted by Crippen LogP contribution is -2.52. The molecule has 2 aromatic carbocycles. The number of benzene rings is 2. The van der Waals surface area contributed by atoms with Crippen LogP contribution in [0.1, 0.15) is 56.2 Å². The first-order chi connectivity index (χ1) is 13.6. The third kappa shape index (κ3) is 5.59. The van der Waals surface area contributed by atoms with Crippen molar-refractivity contribution in [1.29, 1.82) is 0 Å². The normalized spacial score (nSPS) is 16.5. The molecule has 0 aliphatic heterocycles. The van der Waals surface area contributed by atoms with Gasteiger partial charge in [-0.15, -0.1) is 0 Å². The van der Waals surface area contributed by atoms with Crippen LogP contribution in [0.4, 0.5) is 0 Å². The molecule has 4 heteroatoms. The van der Waals surface area contributed by atoms with E-state index in [1.54, 1.807) is 7.11 Å². The van der Waals surface area contributed by atoms with Gasteiger partial charge in [-0.25, -0.2) is 0 Å². The Balaban J connectivity index is 1.52. The van der Waals surface area contributed by atoms with Gasteiger partial charge in [0.2, 0.25) is 5.91 Å². The molecule has 0 radical (unpaired) electrons. The fourth-order valence-corrected chi connectivity index (χ4v) is 4.15. The smallest absolute Gasteiger partial charge is 0.220 e. The summed E-state index contributed by atoms with van der Waals surface area (Å²) in [5.41, 5.74) is 2.42. The van der Waals surface area contributed by atoms with E-state index in [1.165, 1.54) is 18.4 Å². The number of carbonyl (C=O) groups is 1. The van der Waals surface area contributed by atoms with E-state index >= 15 is 0 Å². The van der Waals surface area contributed by atoms with Crippen LogP contribution in [0.25, 0.3) is 0 Å². The number of rotatable bonds is 9. The van der Waals surface area contributed by atoms with Crippen LogP contribution in [0, 0.1) is 0 Å². The Morgan fingerprint density at radius 3 is 2.57 bits per heavy atom. The highest BCUT2D eigenvalue weighted by Crippen LogP contribution is 2.32. The summed E-state index contributed by atoms with van der Waals surface area (Å²) in [6, 6.07) is 18.7. The quantitative estimate of drug-likeness (QED) is 0.678. The van der Waals surface area contributed by atoms with Crippen LogP contribution in [-0.4, -0.2) is 25.1 Å². The number of carbonyl (C=O) groups excluding carboxylic acids is 1. The molecule has 150 valence electrons. The molecular formula is C24H32N2O2. The Morgan fingerprint density at radius 2 is 1.86 bits per heavy atom. The SMILES string of the molecule is COc1cccc(CCC(=O)NCC2(NC(C)c3ccccc3)CCCC2)c1. The first-order valence-electron chi connectivity index (χ1n) is 10.3. The molecule has 1 saturated carbocycles. The van der Waals surface area contributed by atoms with Crippen LogP contribution in [0.2, 0.25) is 0 Å². The highest BCUT2D eigenvalue weighted by molar-refractivity contribution is 5.76. The molecular weight excluding hydrogens is 348 g/mol. The highest BCUT2D eigenvalue weighted by atomic mass is 16.5. The maximum atomic E-state index is 12.5. The second kappa shape index (κ2) is 9.74. The van der Waals surface area contributed by atoms with Crippen molar-refractivity contribution >= 4 is 5.91 Å². The van der Waals surface area contributed by atoms with Crippen molar-refractivity contribution in [1.82, 2.24) is 10.6 Å². The number of methoxy groups -OCH3 is 1. The summed E-state index contributed by atoms with van der Waals surface area (Å²) < 4.78 is 5.25. The molecule has 0 heterocycles. The third-order valence-electron chi connectivity index (χ3n) is 5.78. The zero-order valence-electron chi connectivity index (χ0n) is 17.0. The summed E-state index contributed by atoms with van der Waals surface area (Å²) in [6.07, 6.45) is 5.88. The van der Waals surface area contributed by atoms with Gasteiger partial charge in [0.05, 0.1) is 7.11 Å². The molecule has 1 atom stereocenters. The number of hydrogen-bond donors (Lipinski definition) is 2. The minimum absolute atomic E-state index is 0.000878. The Bertz CT molecular complexity index is 754. The monoisotopic (exact) mass is 380 g/mol. The lowest BCUT2D eigenvalue weighted by Gasteiger charge is -2.34. The minimum Gasteiger partial charge on any atom is -0.497 e. The van der Waals surface area contributed by atoms with Crippen LogP contribution in [-0.2, 0) is 11.2 Å². The molecule has 1 fully saturated rings. The van der Waals surface area contributed by atoms with Crippen molar-refractivity contribution in [2.24, 2.45) is 0 Å². The van der Waals surface area contributed by atoms with E-state index in [0.717, 1.165) is 30.6 Å². The van der Waals surface area contributed by atoms with Crippen molar-refractivity contribution in [2.45, 2.75) is 57.0 Å². The van der Waals surface area contributed by atoms with Crippen molar-refractivity contribution in [2.75, 3.05) is 13.7 Å². The van der Waals surface area contributed by atoms with Crippen LogP contribution < -0.4 is 15.4 Å². The topological polar surface area (TPSA) is 50.4 Å². The molecule has 3 rings (SSSR count). The van der Waals surface area contributed by atoms with Gasteiger partial charge in [-0.2, -0.15) is 0 Å². The minimum atomic E-state index is 0.000878. The van der Waals surface area contributed by atoms with Gasteiger partial charge in [0, 0.05) is 24.5 Å². The molecule has 0 aromatic heterocycles. The first kappa shape index (κ1) is 20.4. The van der Waals surface area contributed by atoms with Gasteiger partial charge in [0.15, 0.2) is 0 Å². The van der Waals surface area contributed by atoms with E-state index < -0.39 is 0 Å². The fourth-order valence-electron chi connectivity index (χ4n) is 4.15. The molecule has 1 amide bonds. The number of hydrogen-bond acceptors (Lipinski definition) is 3. The fraction of sp³-hybridized carbons (Fsp3) is 0.458. The van der Waals surface area contributed by atoms with E-state index in [-0.39, 0.29) is 17.5 Å². The number of aryl methyl sites for hydroxylation is 1. The van der Waals surface area contributed by atoms with Gasteiger partial charge in [0.25, 0.3) is 0 Å². The predicted octanol–water partition coefficient (Wildman–Crippen LogP) is 4.41. The van der Waals surface area contributed by atoms with Crippen LogP contribution in [0.5, 0.6) is 5.75 Å². The third-order valence-corrected chi connectivity index (χ3v) is 5.78. The van der Waals surface area contributed by atoms with E-state index in [9.17, 15) is 4.79 Å². The van der Waals surface area contributed by atoms with E-state index in [4.69, 9.17) is 4.74 Å². The Morgan fingerprint density at radius 1 is 1.11 bits per heavy atom. The summed E-state index contributed by atoms with van der Waals surface area (Å²) in [5.74, 6) is 0.949. The van der Waals surface area contributed by atoms with E-state index in [0.29, 0.717) is 13.0 Å². The lowest BCUT2D eigenvalue weighted by molar-refractivity contribution is -0.121. The Hall–Kier alpha value is -2.33. The number of amides is 1. The summed E-state index contributed by atoms with van der Waals surface area (Å²) in [6.45, 7) is 2.90. The second-order valence-corrected chi connectivity index (χ2v) is 7.89. The van der Waals surface area contributed by atoms with Crippen molar-refractivity contribution in [3.63, 3.8) is 0 Å². The van der Waals surface area contributed by atoms with E-state index in [1.807, 2.05) is 30.3 Å². The molecule has 0 bridgehead atoms. The van der Waals surface area contributed by atoms with Crippen molar-refractivity contribution < 1.29 is 9.53 Å². The zero-order valence-corrected chi connectivity index (χ0v) is 17.0. The maximum Gasteiger partial charge on any atom is 0.220 e. The average molecular weight is 381 g/mol. The molecule has 28 heavy (non-hydrogen) atoms. The largest absolute Gasteiger partial charge is 0.497 e. The average Bonchev–Trinajstić information content (AvgIpc) is 3.20. The van der Waals surface area contributed by atoms with Gasteiger partial charge in [-0.1, -0.05) is 55.3 Å². The molecule has 1 unspecified atom stereocenters. The highest BCUT2D eigenvalue weighted by Gasteiger charge is 2.35. The van der Waals surface area contributed by atoms with Gasteiger partial charge in [-0.05, 0) is 49.4 Å². The summed E-state index contributed by atoms with van der Waals surface area (Å²) in [5, 5.41) is 7.01. The molecule has 0 spiro atoms. The standard InChI is InChI=1S/C24H32N2O2/c1-19(21-10-4-3-5-11-21)26-24(15-6-7-16-24)18-25-23(27)14-13-20-9-8-12-22(17-20)28-2/h3-5,8-12,17,19,26H,6-7,13-16,18H2,1-2H3,(H,25,27). The Labute approximate surface area is 168 Å². The molecule has 4 nitrogen and oxygen atoms in total. The lowest BCUT2D eigenvalue weighted by atomic mass is 9.94. The predicted molar refractivity (Wildman–Crippen MR) is 114 cm³/mol. The van der Waals surface area contributed by atoms with Crippen LogP contribution in [0.3, 0.4) is 0 Å². The second-order valence-electron chi connectivity index (χ2n) is 7.89.